The summed E-state index contributed by atoms with van der Waals surface area (Å²) in [6.45, 7) is 6.43. The first kappa shape index (κ1) is 22.6. The van der Waals surface area contributed by atoms with Gasteiger partial charge in [-0.25, -0.2) is 9.97 Å². The number of nitrogens with one attached hydrogen (secondary N) is 1. The standard InChI is InChI=1S/C26H29N7O3/c1-31(23-4-2-3-22-25(23)36-18-28-22)24-5-6-27-26(30-24)29-19-15-20(32-7-11-34-12-8-32)17-21(16-19)33-9-13-35-14-10-33/h2-6,15-18H,7-14H2,1H3,(H,27,29,30). The van der Waals surface area contributed by atoms with Crippen molar-refractivity contribution in [3.05, 3.63) is 55.1 Å². The number of ether oxygens (including phenoxy) is 2. The van der Waals surface area contributed by atoms with Crippen LogP contribution in [-0.4, -0.2) is 74.6 Å². The molecule has 0 atom stereocenters. The lowest BCUT2D eigenvalue weighted by Crippen LogP contribution is -2.38. The van der Waals surface area contributed by atoms with Gasteiger partial charge in [-0.3, -0.25) is 0 Å². The van der Waals surface area contributed by atoms with Crippen LogP contribution in [0.4, 0.5) is 34.5 Å². The number of oxazole rings is 1. The maximum atomic E-state index is 5.62. The van der Waals surface area contributed by atoms with Crippen LogP contribution in [0.3, 0.4) is 0 Å². The molecule has 2 aliphatic rings. The van der Waals surface area contributed by atoms with Crippen molar-refractivity contribution < 1.29 is 13.9 Å². The van der Waals surface area contributed by atoms with Gasteiger partial charge < -0.3 is 33.9 Å². The van der Waals surface area contributed by atoms with Gasteiger partial charge in [-0.2, -0.15) is 4.98 Å². The molecule has 0 unspecified atom stereocenters. The van der Waals surface area contributed by atoms with E-state index in [9.17, 15) is 0 Å². The Morgan fingerprint density at radius 1 is 0.861 bits per heavy atom. The highest BCUT2D eigenvalue weighted by molar-refractivity contribution is 5.88. The molecule has 0 radical (unpaired) electrons. The molecule has 0 aliphatic carbocycles. The maximum Gasteiger partial charge on any atom is 0.229 e. The fourth-order valence-corrected chi connectivity index (χ4v) is 4.66. The molecule has 6 rings (SSSR count). The lowest BCUT2D eigenvalue weighted by molar-refractivity contribution is 0.122. The van der Waals surface area contributed by atoms with Gasteiger partial charge >= 0.3 is 0 Å². The zero-order chi connectivity index (χ0) is 24.3. The molecule has 2 saturated heterocycles. The molecule has 4 heterocycles. The Kier molecular flexibility index (Phi) is 6.27. The first-order chi connectivity index (χ1) is 17.7. The second-order valence-electron chi connectivity index (χ2n) is 8.84. The van der Waals surface area contributed by atoms with Crippen LogP contribution in [0.15, 0.2) is 59.5 Å². The van der Waals surface area contributed by atoms with Crippen LogP contribution < -0.4 is 20.0 Å². The maximum absolute atomic E-state index is 5.62. The fourth-order valence-electron chi connectivity index (χ4n) is 4.66. The van der Waals surface area contributed by atoms with Gasteiger partial charge in [0.25, 0.3) is 0 Å². The summed E-state index contributed by atoms with van der Waals surface area (Å²) in [6, 6.07) is 14.3. The van der Waals surface area contributed by atoms with Gasteiger partial charge in [-0.15, -0.1) is 0 Å². The third-order valence-corrected chi connectivity index (χ3v) is 6.59. The Morgan fingerprint density at radius 3 is 2.25 bits per heavy atom. The molecule has 0 spiro atoms. The van der Waals surface area contributed by atoms with Crippen molar-refractivity contribution in [1.82, 2.24) is 15.0 Å². The number of hydrogen-bond donors (Lipinski definition) is 1. The number of anilines is 6. The molecule has 2 aromatic carbocycles. The molecular weight excluding hydrogens is 458 g/mol. The van der Waals surface area contributed by atoms with Crippen LogP contribution in [0.5, 0.6) is 0 Å². The summed E-state index contributed by atoms with van der Waals surface area (Å²) in [5.41, 5.74) is 5.69. The number of benzene rings is 2. The van der Waals surface area contributed by atoms with Crippen LogP contribution in [0.25, 0.3) is 11.1 Å². The van der Waals surface area contributed by atoms with Crippen molar-refractivity contribution in [2.75, 3.05) is 79.7 Å². The van der Waals surface area contributed by atoms with Crippen LogP contribution in [0.2, 0.25) is 0 Å². The Hall–Kier alpha value is -3.89. The molecule has 1 N–H and O–H groups in total. The zero-order valence-corrected chi connectivity index (χ0v) is 20.3. The molecule has 0 saturated carbocycles. The van der Waals surface area contributed by atoms with Crippen molar-refractivity contribution in [3.8, 4) is 0 Å². The average Bonchev–Trinajstić information content (AvgIpc) is 3.43. The zero-order valence-electron chi connectivity index (χ0n) is 20.3. The topological polar surface area (TPSA) is 92.0 Å². The second-order valence-corrected chi connectivity index (χ2v) is 8.84. The van der Waals surface area contributed by atoms with Gasteiger partial charge in [0.15, 0.2) is 12.0 Å². The summed E-state index contributed by atoms with van der Waals surface area (Å²) in [5, 5.41) is 3.44. The van der Waals surface area contributed by atoms with Gasteiger partial charge in [0, 0.05) is 56.5 Å². The average molecular weight is 488 g/mol. The highest BCUT2D eigenvalue weighted by atomic mass is 16.5. The molecule has 36 heavy (non-hydrogen) atoms. The van der Waals surface area contributed by atoms with Crippen LogP contribution >= 0.6 is 0 Å². The van der Waals surface area contributed by atoms with Crippen molar-refractivity contribution in [1.29, 1.82) is 0 Å². The van der Waals surface area contributed by atoms with E-state index in [-0.39, 0.29) is 0 Å². The van der Waals surface area contributed by atoms with E-state index in [4.69, 9.17) is 18.9 Å². The summed E-state index contributed by atoms with van der Waals surface area (Å²) in [7, 11) is 1.96. The lowest BCUT2D eigenvalue weighted by Gasteiger charge is -2.33. The van der Waals surface area contributed by atoms with Gasteiger partial charge in [0.2, 0.25) is 5.95 Å². The molecule has 0 bridgehead atoms. The molecule has 0 amide bonds. The molecule has 2 aliphatic heterocycles. The number of rotatable bonds is 6. The summed E-state index contributed by atoms with van der Waals surface area (Å²) in [5.74, 6) is 1.27. The van der Waals surface area contributed by atoms with Gasteiger partial charge in [0.05, 0.1) is 32.1 Å². The van der Waals surface area contributed by atoms with E-state index in [1.807, 2.05) is 36.2 Å². The van der Waals surface area contributed by atoms with Crippen LogP contribution in [-0.2, 0) is 9.47 Å². The number of nitrogens with zero attached hydrogens (tertiary/aromatic N) is 6. The van der Waals surface area contributed by atoms with E-state index in [1.165, 1.54) is 6.39 Å². The molecule has 4 aromatic rings. The third-order valence-electron chi connectivity index (χ3n) is 6.59. The predicted octanol–water partition coefficient (Wildman–Crippen LogP) is 3.80. The summed E-state index contributed by atoms with van der Waals surface area (Å²) in [6.07, 6.45) is 3.22. The monoisotopic (exact) mass is 487 g/mol. The highest BCUT2D eigenvalue weighted by Crippen LogP contribution is 2.32. The minimum Gasteiger partial charge on any atom is -0.441 e. The Bertz CT molecular complexity index is 1300. The number of morpholine rings is 2. The van der Waals surface area contributed by atoms with E-state index in [0.717, 1.165) is 92.3 Å². The third kappa shape index (κ3) is 4.65. The SMILES string of the molecule is CN(c1ccnc(Nc2cc(N3CCOCC3)cc(N3CCOCC3)c2)n1)c1cccc2ncoc12. The number of para-hydroxylation sites is 1. The number of fused-ring (bicyclic) bond motifs is 1. The van der Waals surface area contributed by atoms with E-state index < -0.39 is 0 Å². The molecule has 10 nitrogen and oxygen atoms in total. The largest absolute Gasteiger partial charge is 0.441 e. The number of hydrogen-bond acceptors (Lipinski definition) is 10. The lowest BCUT2D eigenvalue weighted by atomic mass is 10.2. The van der Waals surface area contributed by atoms with Crippen molar-refractivity contribution in [2.24, 2.45) is 0 Å². The smallest absolute Gasteiger partial charge is 0.229 e. The van der Waals surface area contributed by atoms with Crippen molar-refractivity contribution >= 4 is 45.6 Å². The van der Waals surface area contributed by atoms with E-state index in [0.29, 0.717) is 5.95 Å². The fraction of sp³-hybridized carbons (Fsp3) is 0.346. The molecule has 186 valence electrons. The molecule has 2 fully saturated rings. The minimum absolute atomic E-state index is 0.524. The Labute approximate surface area is 209 Å². The number of aromatic nitrogens is 3. The van der Waals surface area contributed by atoms with Crippen molar-refractivity contribution in [2.45, 2.75) is 0 Å². The van der Waals surface area contributed by atoms with E-state index >= 15 is 0 Å². The Morgan fingerprint density at radius 2 is 1.56 bits per heavy atom. The molecule has 10 heteroatoms. The van der Waals surface area contributed by atoms with Crippen LogP contribution in [0.1, 0.15) is 0 Å². The first-order valence-corrected chi connectivity index (χ1v) is 12.2. The quantitative estimate of drug-likeness (QED) is 0.433. The van der Waals surface area contributed by atoms with E-state index in [2.05, 4.69) is 43.3 Å². The predicted molar refractivity (Wildman–Crippen MR) is 140 cm³/mol. The summed E-state index contributed by atoms with van der Waals surface area (Å²) < 4.78 is 16.8. The molecular formula is C26H29N7O3. The highest BCUT2D eigenvalue weighted by Gasteiger charge is 2.18. The van der Waals surface area contributed by atoms with E-state index in [1.54, 1.807) is 6.20 Å². The second kappa shape index (κ2) is 10.00. The normalized spacial score (nSPS) is 16.4. The van der Waals surface area contributed by atoms with Gasteiger partial charge in [-0.05, 0) is 36.4 Å². The summed E-state index contributed by atoms with van der Waals surface area (Å²) in [4.78, 5) is 20.3. The van der Waals surface area contributed by atoms with Crippen LogP contribution in [0, 0.1) is 0 Å². The van der Waals surface area contributed by atoms with Gasteiger partial charge in [0.1, 0.15) is 11.3 Å². The van der Waals surface area contributed by atoms with Crippen molar-refractivity contribution in [3.63, 3.8) is 0 Å². The van der Waals surface area contributed by atoms with Gasteiger partial charge in [-0.1, -0.05) is 6.07 Å². The summed E-state index contributed by atoms with van der Waals surface area (Å²) >= 11 is 0. The minimum atomic E-state index is 0.524. The molecule has 2 aromatic heterocycles. The first-order valence-electron chi connectivity index (χ1n) is 12.2. The Balaban J connectivity index is 1.30.